The Balaban J connectivity index is 1.31. The maximum atomic E-state index is 11.8. The first-order valence-corrected chi connectivity index (χ1v) is 11.2. The van der Waals surface area contributed by atoms with Crippen molar-refractivity contribution in [2.75, 3.05) is 13.2 Å². The lowest BCUT2D eigenvalue weighted by Gasteiger charge is -2.56. The van der Waals surface area contributed by atoms with E-state index < -0.39 is 11.4 Å². The molecule has 5 fully saturated rings. The Morgan fingerprint density at radius 2 is 1.82 bits per heavy atom. The van der Waals surface area contributed by atoms with Gasteiger partial charge in [0.2, 0.25) is 0 Å². The van der Waals surface area contributed by atoms with Crippen molar-refractivity contribution < 1.29 is 24.4 Å². The van der Waals surface area contributed by atoms with E-state index >= 15 is 0 Å². The van der Waals surface area contributed by atoms with Crippen LogP contribution in [-0.2, 0) is 14.2 Å². The first-order chi connectivity index (χ1) is 13.2. The van der Waals surface area contributed by atoms with Crippen LogP contribution in [0.4, 0.5) is 0 Å². The third-order valence-corrected chi connectivity index (χ3v) is 9.13. The molecule has 5 nitrogen and oxygen atoms in total. The lowest BCUT2D eigenvalue weighted by Crippen LogP contribution is -2.63. The molecule has 2 unspecified atom stereocenters. The van der Waals surface area contributed by atoms with E-state index in [1.165, 1.54) is 5.57 Å². The zero-order valence-electron chi connectivity index (χ0n) is 17.3. The predicted molar refractivity (Wildman–Crippen MR) is 102 cm³/mol. The molecule has 0 aromatic rings. The van der Waals surface area contributed by atoms with Crippen LogP contribution in [0.15, 0.2) is 11.6 Å². The van der Waals surface area contributed by atoms with Crippen molar-refractivity contribution in [3.05, 3.63) is 11.6 Å². The minimum atomic E-state index is -0.813. The van der Waals surface area contributed by atoms with Crippen molar-refractivity contribution >= 4 is 0 Å². The van der Waals surface area contributed by atoms with Crippen LogP contribution in [0.25, 0.3) is 0 Å². The first-order valence-electron chi connectivity index (χ1n) is 11.2. The second kappa shape index (κ2) is 5.42. The average Bonchev–Trinajstić information content (AvgIpc) is 3.38. The molecule has 5 heteroatoms. The Labute approximate surface area is 167 Å². The summed E-state index contributed by atoms with van der Waals surface area (Å²) in [5, 5.41) is 22.4. The number of aliphatic hydroxyl groups is 2. The van der Waals surface area contributed by atoms with Crippen molar-refractivity contribution in [3.8, 4) is 0 Å². The fraction of sp³-hybridized carbons (Fsp3) is 0.913. The molecule has 6 rings (SSSR count). The van der Waals surface area contributed by atoms with E-state index in [0.717, 1.165) is 32.1 Å². The average molecular weight is 391 g/mol. The van der Waals surface area contributed by atoms with E-state index in [1.54, 1.807) is 0 Å². The third kappa shape index (κ3) is 2.26. The predicted octanol–water partition coefficient (Wildman–Crippen LogP) is 2.79. The van der Waals surface area contributed by atoms with Gasteiger partial charge >= 0.3 is 0 Å². The number of epoxide rings is 1. The Morgan fingerprint density at radius 3 is 2.57 bits per heavy atom. The summed E-state index contributed by atoms with van der Waals surface area (Å²) in [7, 11) is 0. The lowest BCUT2D eigenvalue weighted by molar-refractivity contribution is -0.331. The van der Waals surface area contributed by atoms with Crippen LogP contribution in [0.2, 0.25) is 0 Å². The van der Waals surface area contributed by atoms with Crippen LogP contribution in [0.3, 0.4) is 0 Å². The highest BCUT2D eigenvalue weighted by Gasteiger charge is 2.73. The van der Waals surface area contributed by atoms with E-state index in [1.807, 2.05) is 0 Å². The SMILES string of the molecule is CC1(C)COC2(C[C@]3(O)CC[C@@H]4C(=CC[C@]5(C)[C@@H](O)CC[C@@H]45)[C@@H]3C3OC32)OC1. The van der Waals surface area contributed by atoms with Crippen LogP contribution in [-0.4, -0.2) is 53.1 Å². The fourth-order valence-corrected chi connectivity index (χ4v) is 7.45. The zero-order valence-corrected chi connectivity index (χ0v) is 17.3. The van der Waals surface area contributed by atoms with Crippen molar-refractivity contribution in [1.82, 2.24) is 0 Å². The molecule has 3 saturated carbocycles. The number of rotatable bonds is 0. The summed E-state index contributed by atoms with van der Waals surface area (Å²) in [6, 6.07) is 0. The van der Waals surface area contributed by atoms with Gasteiger partial charge in [-0.15, -0.1) is 0 Å². The monoisotopic (exact) mass is 390 g/mol. The Bertz CT molecular complexity index is 721. The highest BCUT2D eigenvalue weighted by atomic mass is 16.8. The number of hydrogen-bond acceptors (Lipinski definition) is 5. The van der Waals surface area contributed by atoms with E-state index in [4.69, 9.17) is 14.2 Å². The van der Waals surface area contributed by atoms with E-state index in [0.29, 0.717) is 31.5 Å². The van der Waals surface area contributed by atoms with Gasteiger partial charge in [-0.05, 0) is 43.9 Å². The minimum Gasteiger partial charge on any atom is -0.393 e. The number of ether oxygens (including phenoxy) is 3. The summed E-state index contributed by atoms with van der Waals surface area (Å²) >= 11 is 0. The number of allylic oxidation sites excluding steroid dienone is 1. The highest BCUT2D eigenvalue weighted by molar-refractivity contribution is 5.33. The maximum Gasteiger partial charge on any atom is 0.200 e. The van der Waals surface area contributed by atoms with Gasteiger partial charge in [-0.2, -0.15) is 0 Å². The molecule has 6 aliphatic rings. The van der Waals surface area contributed by atoms with Gasteiger partial charge < -0.3 is 24.4 Å². The largest absolute Gasteiger partial charge is 0.393 e. The highest BCUT2D eigenvalue weighted by Crippen LogP contribution is 2.65. The van der Waals surface area contributed by atoms with Crippen LogP contribution in [0, 0.1) is 28.6 Å². The van der Waals surface area contributed by atoms with Gasteiger partial charge in [-0.3, -0.25) is 0 Å². The van der Waals surface area contributed by atoms with Crippen molar-refractivity contribution in [2.24, 2.45) is 28.6 Å². The van der Waals surface area contributed by atoms with Crippen LogP contribution < -0.4 is 0 Å². The molecule has 156 valence electrons. The van der Waals surface area contributed by atoms with Gasteiger partial charge in [0.1, 0.15) is 6.10 Å². The summed E-state index contributed by atoms with van der Waals surface area (Å²) < 4.78 is 18.7. The fourth-order valence-electron chi connectivity index (χ4n) is 7.45. The molecule has 0 bridgehead atoms. The van der Waals surface area contributed by atoms with Gasteiger partial charge in [0, 0.05) is 23.2 Å². The molecule has 2 saturated heterocycles. The molecule has 2 aliphatic heterocycles. The van der Waals surface area contributed by atoms with Crippen molar-refractivity contribution in [3.63, 3.8) is 0 Å². The molecule has 8 atom stereocenters. The third-order valence-electron chi connectivity index (χ3n) is 9.13. The van der Waals surface area contributed by atoms with Gasteiger partial charge in [0.05, 0.1) is 31.0 Å². The lowest BCUT2D eigenvalue weighted by atomic mass is 9.53. The molecule has 0 amide bonds. The molecule has 1 spiro atoms. The number of hydrogen-bond donors (Lipinski definition) is 2. The standard InChI is InChI=1S/C23H34O5/c1-20(2)11-26-23(27-12-20)10-22(25)9-7-13-14(17(22)18-19(23)28-18)6-8-21(3)15(13)4-5-16(21)24/h6,13,15-19,24-25H,4-5,7-12H2,1-3H3/t13-,15+,16+,17-,18?,19?,21+,22-/m1/s1. The topological polar surface area (TPSA) is 71.5 Å². The molecule has 2 N–H and O–H groups in total. The Morgan fingerprint density at radius 1 is 1.07 bits per heavy atom. The molecule has 0 radical (unpaired) electrons. The second-order valence-electron chi connectivity index (χ2n) is 11.6. The molecule has 4 aliphatic carbocycles. The summed E-state index contributed by atoms with van der Waals surface area (Å²) in [6.07, 6.45) is 7.31. The Hall–Kier alpha value is -0.460. The summed E-state index contributed by atoms with van der Waals surface area (Å²) in [4.78, 5) is 0. The van der Waals surface area contributed by atoms with Crippen molar-refractivity contribution in [2.45, 2.75) is 89.0 Å². The van der Waals surface area contributed by atoms with Gasteiger partial charge in [-0.25, -0.2) is 0 Å². The first kappa shape index (κ1) is 18.3. The van der Waals surface area contributed by atoms with Crippen LogP contribution >= 0.6 is 0 Å². The summed E-state index contributed by atoms with van der Waals surface area (Å²) in [5.74, 6) is 0.299. The second-order valence-corrected chi connectivity index (χ2v) is 11.6. The molecule has 0 aromatic heterocycles. The van der Waals surface area contributed by atoms with Crippen LogP contribution in [0.5, 0.6) is 0 Å². The quantitative estimate of drug-likeness (QED) is 0.492. The zero-order chi connectivity index (χ0) is 19.5. The van der Waals surface area contributed by atoms with Crippen LogP contribution in [0.1, 0.15) is 59.3 Å². The molecular formula is C23H34O5. The minimum absolute atomic E-state index is 0.00435. The smallest absolute Gasteiger partial charge is 0.200 e. The van der Waals surface area contributed by atoms with Gasteiger partial charge in [0.15, 0.2) is 5.79 Å². The maximum absolute atomic E-state index is 11.8. The summed E-state index contributed by atoms with van der Waals surface area (Å²) in [6.45, 7) is 7.85. The normalized spacial score (nSPS) is 55.5. The molecular weight excluding hydrogens is 356 g/mol. The van der Waals surface area contributed by atoms with Crippen molar-refractivity contribution in [1.29, 1.82) is 0 Å². The molecule has 2 heterocycles. The number of aliphatic hydroxyl groups excluding tert-OH is 1. The summed E-state index contributed by atoms with van der Waals surface area (Å²) in [5.41, 5.74) is 0.604. The van der Waals surface area contributed by atoms with E-state index in [2.05, 4.69) is 26.8 Å². The Kier molecular flexibility index (Phi) is 3.54. The van der Waals surface area contributed by atoms with E-state index in [-0.39, 0.29) is 35.1 Å². The molecule has 28 heavy (non-hydrogen) atoms. The molecule has 0 aromatic carbocycles. The number of fused-ring (bicyclic) bond motifs is 8. The van der Waals surface area contributed by atoms with Gasteiger partial charge in [-0.1, -0.05) is 32.4 Å². The van der Waals surface area contributed by atoms with E-state index in [9.17, 15) is 10.2 Å². The van der Waals surface area contributed by atoms with Gasteiger partial charge in [0.25, 0.3) is 0 Å².